The fourth-order valence-electron chi connectivity index (χ4n) is 4.24. The highest BCUT2D eigenvalue weighted by atomic mass is 16.5. The van der Waals surface area contributed by atoms with Crippen molar-refractivity contribution in [1.82, 2.24) is 15.0 Å². The second-order valence-electron chi connectivity index (χ2n) is 9.14. The van der Waals surface area contributed by atoms with E-state index in [0.717, 1.165) is 33.4 Å². The molecule has 0 saturated heterocycles. The van der Waals surface area contributed by atoms with Crippen molar-refractivity contribution in [3.8, 4) is 34.0 Å². The predicted molar refractivity (Wildman–Crippen MR) is 139 cm³/mol. The van der Waals surface area contributed by atoms with E-state index < -0.39 is 5.97 Å². The standard InChI is InChI=1S/C29H31N3O4/c1-19(2)32(17-27(33)34)16-21-9-7-10-22(14-21)28-30-29(36-31-28)23-12-13-26(24(15-23)18-35-4)25-11-6-5-8-20(25)3/h5-15,19H,16-18H2,1-4H3,(H,33,34). The lowest BCUT2D eigenvalue weighted by atomic mass is 9.94. The number of aryl methyl sites for hydroxylation is 1. The van der Waals surface area contributed by atoms with Crippen LogP contribution in [0.5, 0.6) is 0 Å². The van der Waals surface area contributed by atoms with Crippen molar-refractivity contribution in [2.24, 2.45) is 0 Å². The quantitative estimate of drug-likeness (QED) is 0.303. The minimum atomic E-state index is -0.844. The summed E-state index contributed by atoms with van der Waals surface area (Å²) in [6.45, 7) is 7.03. The molecule has 4 aromatic rings. The number of carboxylic acid groups (broad SMARTS) is 1. The summed E-state index contributed by atoms with van der Waals surface area (Å²) in [5, 5.41) is 13.4. The summed E-state index contributed by atoms with van der Waals surface area (Å²) >= 11 is 0. The van der Waals surface area contributed by atoms with Gasteiger partial charge in [0.05, 0.1) is 13.2 Å². The molecule has 1 heterocycles. The second-order valence-corrected chi connectivity index (χ2v) is 9.14. The molecular formula is C29H31N3O4. The summed E-state index contributed by atoms with van der Waals surface area (Å²) in [5.74, 6) is 0.0696. The lowest BCUT2D eigenvalue weighted by molar-refractivity contribution is -0.138. The molecule has 0 aliphatic rings. The smallest absolute Gasteiger partial charge is 0.317 e. The van der Waals surface area contributed by atoms with Gasteiger partial charge < -0.3 is 14.4 Å². The van der Waals surface area contributed by atoms with Crippen LogP contribution in [-0.2, 0) is 22.7 Å². The van der Waals surface area contributed by atoms with Crippen molar-refractivity contribution in [1.29, 1.82) is 0 Å². The van der Waals surface area contributed by atoms with Crippen LogP contribution < -0.4 is 0 Å². The van der Waals surface area contributed by atoms with Crippen molar-refractivity contribution in [3.63, 3.8) is 0 Å². The Hall–Kier alpha value is -3.81. The number of rotatable bonds is 10. The Kier molecular flexibility index (Phi) is 7.93. The molecule has 0 spiro atoms. The van der Waals surface area contributed by atoms with Crippen LogP contribution in [0, 0.1) is 6.92 Å². The third-order valence-corrected chi connectivity index (χ3v) is 6.15. The Bertz CT molecular complexity index is 1350. The molecule has 0 atom stereocenters. The highest BCUT2D eigenvalue weighted by Gasteiger charge is 2.17. The normalized spacial score (nSPS) is 11.4. The Morgan fingerprint density at radius 1 is 1.03 bits per heavy atom. The van der Waals surface area contributed by atoms with Crippen LogP contribution >= 0.6 is 0 Å². The third kappa shape index (κ3) is 5.87. The molecule has 1 N–H and O–H groups in total. The minimum Gasteiger partial charge on any atom is -0.480 e. The molecule has 3 aromatic carbocycles. The molecule has 0 radical (unpaired) electrons. The first-order valence-corrected chi connectivity index (χ1v) is 11.9. The van der Waals surface area contributed by atoms with Gasteiger partial charge in [0.2, 0.25) is 5.82 Å². The number of ether oxygens (including phenoxy) is 1. The van der Waals surface area contributed by atoms with Gasteiger partial charge in [0, 0.05) is 30.8 Å². The van der Waals surface area contributed by atoms with Crippen molar-refractivity contribution >= 4 is 5.97 Å². The van der Waals surface area contributed by atoms with E-state index in [9.17, 15) is 9.90 Å². The first-order chi connectivity index (χ1) is 17.4. The minimum absolute atomic E-state index is 0.0173. The molecule has 0 saturated carbocycles. The maximum Gasteiger partial charge on any atom is 0.317 e. The largest absolute Gasteiger partial charge is 0.480 e. The highest BCUT2D eigenvalue weighted by Crippen LogP contribution is 2.31. The maximum absolute atomic E-state index is 11.2. The van der Waals surface area contributed by atoms with Gasteiger partial charge in [0.25, 0.3) is 5.89 Å². The van der Waals surface area contributed by atoms with E-state index in [2.05, 4.69) is 35.3 Å². The molecule has 7 heteroatoms. The van der Waals surface area contributed by atoms with Gasteiger partial charge in [-0.2, -0.15) is 4.98 Å². The van der Waals surface area contributed by atoms with Crippen molar-refractivity contribution in [2.45, 2.75) is 40.0 Å². The van der Waals surface area contributed by atoms with Crippen LogP contribution in [0.15, 0.2) is 71.3 Å². The van der Waals surface area contributed by atoms with Crippen LogP contribution in [-0.4, -0.2) is 45.8 Å². The highest BCUT2D eigenvalue weighted by molar-refractivity contribution is 5.74. The summed E-state index contributed by atoms with van der Waals surface area (Å²) in [6, 6.07) is 22.3. The molecule has 0 bridgehead atoms. The zero-order valence-corrected chi connectivity index (χ0v) is 21.1. The maximum atomic E-state index is 11.2. The number of methoxy groups -OCH3 is 1. The van der Waals surface area contributed by atoms with Crippen LogP contribution in [0.1, 0.15) is 30.5 Å². The van der Waals surface area contributed by atoms with Crippen LogP contribution in [0.4, 0.5) is 0 Å². The topological polar surface area (TPSA) is 88.7 Å². The van der Waals surface area contributed by atoms with Gasteiger partial charge in [0.15, 0.2) is 0 Å². The van der Waals surface area contributed by atoms with Crippen LogP contribution in [0.25, 0.3) is 34.0 Å². The van der Waals surface area contributed by atoms with E-state index in [1.165, 1.54) is 5.56 Å². The van der Waals surface area contributed by atoms with Gasteiger partial charge in [-0.15, -0.1) is 0 Å². The van der Waals surface area contributed by atoms with Crippen molar-refractivity contribution in [2.75, 3.05) is 13.7 Å². The average molecular weight is 486 g/mol. The van der Waals surface area contributed by atoms with Gasteiger partial charge >= 0.3 is 5.97 Å². The first kappa shape index (κ1) is 25.3. The monoisotopic (exact) mass is 485 g/mol. The Morgan fingerprint density at radius 3 is 2.56 bits per heavy atom. The number of aliphatic carboxylic acids is 1. The van der Waals surface area contributed by atoms with E-state index in [4.69, 9.17) is 9.26 Å². The number of hydrogen-bond acceptors (Lipinski definition) is 6. The molecule has 0 fully saturated rings. The van der Waals surface area contributed by atoms with Gasteiger partial charge in [-0.25, -0.2) is 0 Å². The third-order valence-electron chi connectivity index (χ3n) is 6.15. The van der Waals surface area contributed by atoms with Gasteiger partial charge in [0.1, 0.15) is 0 Å². The van der Waals surface area contributed by atoms with Gasteiger partial charge in [-0.3, -0.25) is 9.69 Å². The Morgan fingerprint density at radius 2 is 1.83 bits per heavy atom. The second kappa shape index (κ2) is 11.3. The lowest BCUT2D eigenvalue weighted by Crippen LogP contribution is -2.35. The van der Waals surface area contributed by atoms with Crippen LogP contribution in [0.2, 0.25) is 0 Å². The average Bonchev–Trinajstić information content (AvgIpc) is 3.35. The molecule has 0 aliphatic heterocycles. The number of benzene rings is 3. The summed E-state index contributed by atoms with van der Waals surface area (Å²) in [7, 11) is 1.68. The SMILES string of the molecule is COCc1cc(-c2nc(-c3cccc(CN(CC(=O)O)C(C)C)c3)no2)ccc1-c1ccccc1C. The van der Waals surface area contributed by atoms with E-state index in [1.54, 1.807) is 7.11 Å². The number of carbonyl (C=O) groups is 1. The number of aromatic nitrogens is 2. The van der Waals surface area contributed by atoms with E-state index in [-0.39, 0.29) is 12.6 Å². The molecule has 36 heavy (non-hydrogen) atoms. The summed E-state index contributed by atoms with van der Waals surface area (Å²) in [4.78, 5) is 17.8. The summed E-state index contributed by atoms with van der Waals surface area (Å²) in [5.41, 5.74) is 7.13. The molecule has 4 rings (SSSR count). The zero-order chi connectivity index (χ0) is 25.7. The first-order valence-electron chi connectivity index (χ1n) is 11.9. The van der Waals surface area contributed by atoms with Crippen molar-refractivity contribution < 1.29 is 19.2 Å². The predicted octanol–water partition coefficient (Wildman–Crippen LogP) is 5.82. The molecule has 1 aromatic heterocycles. The zero-order valence-electron chi connectivity index (χ0n) is 21.1. The molecule has 7 nitrogen and oxygen atoms in total. The van der Waals surface area contributed by atoms with Crippen LogP contribution in [0.3, 0.4) is 0 Å². The lowest BCUT2D eigenvalue weighted by Gasteiger charge is -2.24. The van der Waals surface area contributed by atoms with E-state index >= 15 is 0 Å². The fraction of sp³-hybridized carbons (Fsp3) is 0.276. The molecule has 186 valence electrons. The van der Waals surface area contributed by atoms with E-state index in [0.29, 0.717) is 24.9 Å². The summed E-state index contributed by atoms with van der Waals surface area (Å²) in [6.07, 6.45) is 0. The van der Waals surface area contributed by atoms with E-state index in [1.807, 2.05) is 67.3 Å². The molecule has 0 aliphatic carbocycles. The number of hydrogen-bond donors (Lipinski definition) is 1. The molecular weight excluding hydrogens is 454 g/mol. The van der Waals surface area contributed by atoms with Crippen molar-refractivity contribution in [3.05, 3.63) is 83.4 Å². The van der Waals surface area contributed by atoms with Gasteiger partial charge in [-0.05, 0) is 66.8 Å². The number of nitrogens with zero attached hydrogens (tertiary/aromatic N) is 3. The molecule has 0 unspecified atom stereocenters. The van der Waals surface area contributed by atoms with Gasteiger partial charge in [-0.1, -0.05) is 53.7 Å². The molecule has 0 amide bonds. The Labute approximate surface area is 211 Å². The number of carboxylic acids is 1. The summed E-state index contributed by atoms with van der Waals surface area (Å²) < 4.78 is 11.1. The Balaban J connectivity index is 1.61. The fourth-order valence-corrected chi connectivity index (χ4v) is 4.24.